The summed E-state index contributed by atoms with van der Waals surface area (Å²) in [7, 11) is 0. The molecule has 1 aliphatic carbocycles. The van der Waals surface area contributed by atoms with Crippen LogP contribution in [0.25, 0.3) is 0 Å². The van der Waals surface area contributed by atoms with Gasteiger partial charge in [-0.05, 0) is 62.9 Å². The van der Waals surface area contributed by atoms with Gasteiger partial charge in [0.15, 0.2) is 0 Å². The first-order valence-electron chi connectivity index (χ1n) is 6.55. The molecule has 2 atom stereocenters. The first kappa shape index (κ1) is 12.8. The van der Waals surface area contributed by atoms with E-state index in [4.69, 9.17) is 0 Å². The van der Waals surface area contributed by atoms with Gasteiger partial charge in [-0.3, -0.25) is 0 Å². The number of nitrogens with one attached hydrogen (secondary N) is 1. The lowest BCUT2D eigenvalue weighted by Gasteiger charge is -2.37. The van der Waals surface area contributed by atoms with Gasteiger partial charge in [0.2, 0.25) is 0 Å². The Labute approximate surface area is 95.3 Å². The van der Waals surface area contributed by atoms with Crippen molar-refractivity contribution in [3.05, 3.63) is 12.7 Å². The van der Waals surface area contributed by atoms with Crippen molar-refractivity contribution in [2.24, 2.45) is 17.8 Å². The fourth-order valence-electron chi connectivity index (χ4n) is 2.37. The molecule has 0 bridgehead atoms. The van der Waals surface area contributed by atoms with Gasteiger partial charge < -0.3 is 5.32 Å². The van der Waals surface area contributed by atoms with Gasteiger partial charge >= 0.3 is 0 Å². The molecule has 88 valence electrons. The summed E-state index contributed by atoms with van der Waals surface area (Å²) in [5.41, 5.74) is 0. The molecule has 1 saturated carbocycles. The number of hydrogen-bond acceptors (Lipinski definition) is 1. The van der Waals surface area contributed by atoms with Crippen LogP contribution in [0.15, 0.2) is 12.7 Å². The van der Waals surface area contributed by atoms with Gasteiger partial charge in [0.1, 0.15) is 0 Å². The summed E-state index contributed by atoms with van der Waals surface area (Å²) in [5.74, 6) is 2.75. The van der Waals surface area contributed by atoms with E-state index in [-0.39, 0.29) is 0 Å². The fraction of sp³-hybridized carbons (Fsp3) is 0.857. The van der Waals surface area contributed by atoms with Crippen LogP contribution >= 0.6 is 0 Å². The van der Waals surface area contributed by atoms with Gasteiger partial charge in [0.05, 0.1) is 0 Å². The molecule has 1 aliphatic rings. The van der Waals surface area contributed by atoms with Crippen molar-refractivity contribution in [3.8, 4) is 0 Å². The smallest absolute Gasteiger partial charge is 0.00178 e. The van der Waals surface area contributed by atoms with Gasteiger partial charge in [0.25, 0.3) is 0 Å². The summed E-state index contributed by atoms with van der Waals surface area (Å²) >= 11 is 0. The van der Waals surface area contributed by atoms with Crippen LogP contribution in [0.3, 0.4) is 0 Å². The van der Waals surface area contributed by atoms with Gasteiger partial charge in [-0.1, -0.05) is 19.9 Å². The predicted octanol–water partition coefficient (Wildman–Crippen LogP) is 3.61. The maximum atomic E-state index is 3.78. The molecule has 0 radical (unpaired) electrons. The lowest BCUT2D eigenvalue weighted by molar-refractivity contribution is 0.156. The van der Waals surface area contributed by atoms with Crippen LogP contribution in [-0.2, 0) is 0 Å². The summed E-state index contributed by atoms with van der Waals surface area (Å²) in [4.78, 5) is 0. The standard InChI is InChI=1S/C14H27N/c1-4-5-6-7-13-8-9-14(13)11-15-10-12(2)3/h4,12-15H,1,5-11H2,2-3H3. The monoisotopic (exact) mass is 209 g/mol. The number of rotatable bonds is 8. The van der Waals surface area contributed by atoms with Crippen molar-refractivity contribution < 1.29 is 0 Å². The van der Waals surface area contributed by atoms with E-state index in [9.17, 15) is 0 Å². The molecule has 0 aliphatic heterocycles. The highest BCUT2D eigenvalue weighted by atomic mass is 14.9. The molecular formula is C14H27N. The van der Waals surface area contributed by atoms with E-state index in [1.54, 1.807) is 0 Å². The second-order valence-corrected chi connectivity index (χ2v) is 5.37. The molecule has 2 unspecified atom stereocenters. The van der Waals surface area contributed by atoms with Gasteiger partial charge in [-0.25, -0.2) is 0 Å². The average Bonchev–Trinajstić information content (AvgIpc) is 2.17. The minimum atomic E-state index is 0.782. The van der Waals surface area contributed by atoms with E-state index in [0.29, 0.717) is 0 Å². The molecule has 0 aromatic heterocycles. The first-order valence-corrected chi connectivity index (χ1v) is 6.55. The maximum Gasteiger partial charge on any atom is -0.00178 e. The molecule has 0 aromatic carbocycles. The minimum absolute atomic E-state index is 0.782. The number of unbranched alkanes of at least 4 members (excludes halogenated alkanes) is 1. The summed E-state index contributed by atoms with van der Waals surface area (Å²) in [5, 5.41) is 3.59. The van der Waals surface area contributed by atoms with E-state index >= 15 is 0 Å². The normalized spacial score (nSPS) is 25.3. The topological polar surface area (TPSA) is 12.0 Å². The molecule has 0 saturated heterocycles. The molecule has 1 rings (SSSR count). The third-order valence-corrected chi connectivity index (χ3v) is 3.52. The molecule has 1 nitrogen and oxygen atoms in total. The summed E-state index contributed by atoms with van der Waals surface area (Å²) < 4.78 is 0. The molecule has 1 heteroatoms. The van der Waals surface area contributed by atoms with Gasteiger partial charge in [-0.15, -0.1) is 6.58 Å². The fourth-order valence-corrected chi connectivity index (χ4v) is 2.37. The quantitative estimate of drug-likeness (QED) is 0.475. The molecule has 1 fully saturated rings. The van der Waals surface area contributed by atoms with E-state index < -0.39 is 0 Å². The molecule has 1 N–H and O–H groups in total. The summed E-state index contributed by atoms with van der Waals surface area (Å²) in [6.45, 7) is 10.7. The van der Waals surface area contributed by atoms with Crippen LogP contribution in [0.2, 0.25) is 0 Å². The second kappa shape index (κ2) is 7.05. The van der Waals surface area contributed by atoms with E-state index in [1.165, 1.54) is 45.2 Å². The predicted molar refractivity (Wildman–Crippen MR) is 68.0 cm³/mol. The van der Waals surface area contributed by atoms with Crippen molar-refractivity contribution >= 4 is 0 Å². The maximum absolute atomic E-state index is 3.78. The highest BCUT2D eigenvalue weighted by Gasteiger charge is 2.29. The van der Waals surface area contributed by atoms with Crippen molar-refractivity contribution in [3.63, 3.8) is 0 Å². The Kier molecular flexibility index (Phi) is 6.00. The van der Waals surface area contributed by atoms with Gasteiger partial charge in [0, 0.05) is 0 Å². The highest BCUT2D eigenvalue weighted by Crippen LogP contribution is 2.37. The zero-order valence-corrected chi connectivity index (χ0v) is 10.5. The summed E-state index contributed by atoms with van der Waals surface area (Å²) in [6, 6.07) is 0. The Balaban J connectivity index is 2.02. The summed E-state index contributed by atoms with van der Waals surface area (Å²) in [6.07, 6.45) is 8.91. The molecule has 15 heavy (non-hydrogen) atoms. The van der Waals surface area contributed by atoms with Crippen LogP contribution in [0.4, 0.5) is 0 Å². The average molecular weight is 209 g/mol. The molecule has 0 aromatic rings. The zero-order valence-electron chi connectivity index (χ0n) is 10.5. The van der Waals surface area contributed by atoms with E-state index in [2.05, 4.69) is 25.7 Å². The van der Waals surface area contributed by atoms with Crippen molar-refractivity contribution in [2.75, 3.05) is 13.1 Å². The third-order valence-electron chi connectivity index (χ3n) is 3.52. The lowest BCUT2D eigenvalue weighted by atomic mass is 9.71. The lowest BCUT2D eigenvalue weighted by Crippen LogP contribution is -2.36. The Morgan fingerprint density at radius 3 is 2.60 bits per heavy atom. The van der Waals surface area contributed by atoms with Crippen molar-refractivity contribution in [1.29, 1.82) is 0 Å². The SMILES string of the molecule is C=CCCCC1CCC1CNCC(C)C. The Hall–Kier alpha value is -0.300. The highest BCUT2D eigenvalue weighted by molar-refractivity contribution is 4.83. The first-order chi connectivity index (χ1) is 7.24. The number of hydrogen-bond donors (Lipinski definition) is 1. The third kappa shape index (κ3) is 4.83. The van der Waals surface area contributed by atoms with Crippen LogP contribution in [-0.4, -0.2) is 13.1 Å². The molecular weight excluding hydrogens is 182 g/mol. The number of allylic oxidation sites excluding steroid dienone is 1. The van der Waals surface area contributed by atoms with E-state index in [0.717, 1.165) is 17.8 Å². The second-order valence-electron chi connectivity index (χ2n) is 5.37. The van der Waals surface area contributed by atoms with Crippen LogP contribution < -0.4 is 5.32 Å². The van der Waals surface area contributed by atoms with E-state index in [1.807, 2.05) is 6.08 Å². The molecule has 0 amide bonds. The van der Waals surface area contributed by atoms with Crippen LogP contribution in [0, 0.1) is 17.8 Å². The van der Waals surface area contributed by atoms with Crippen molar-refractivity contribution in [1.82, 2.24) is 5.32 Å². The zero-order chi connectivity index (χ0) is 11.1. The Bertz CT molecular complexity index is 174. The molecule has 0 heterocycles. The minimum Gasteiger partial charge on any atom is -0.316 e. The Morgan fingerprint density at radius 1 is 1.33 bits per heavy atom. The van der Waals surface area contributed by atoms with Crippen LogP contribution in [0.5, 0.6) is 0 Å². The largest absolute Gasteiger partial charge is 0.316 e. The van der Waals surface area contributed by atoms with Crippen LogP contribution in [0.1, 0.15) is 46.0 Å². The Morgan fingerprint density at radius 2 is 2.07 bits per heavy atom. The van der Waals surface area contributed by atoms with Gasteiger partial charge in [-0.2, -0.15) is 0 Å². The van der Waals surface area contributed by atoms with Crippen molar-refractivity contribution in [2.45, 2.75) is 46.0 Å². The molecule has 0 spiro atoms.